The van der Waals surface area contributed by atoms with Gasteiger partial charge in [-0.15, -0.1) is 23.1 Å². The minimum atomic E-state index is -0.0938. The molecule has 0 saturated carbocycles. The van der Waals surface area contributed by atoms with Gasteiger partial charge in [0.2, 0.25) is 5.91 Å². The number of nitrogens with one attached hydrogen (secondary N) is 1. The predicted molar refractivity (Wildman–Crippen MR) is 108 cm³/mol. The Morgan fingerprint density at radius 3 is 2.72 bits per heavy atom. The number of rotatable bonds is 5. The summed E-state index contributed by atoms with van der Waals surface area (Å²) in [5.41, 5.74) is 2.64. The Morgan fingerprint density at radius 1 is 1.20 bits per heavy atom. The van der Waals surface area contributed by atoms with E-state index < -0.39 is 0 Å². The fraction of sp³-hybridized carbons (Fsp3) is 0.111. The van der Waals surface area contributed by atoms with Crippen LogP contribution >= 0.6 is 46.3 Å². The number of benzene rings is 2. The van der Waals surface area contributed by atoms with E-state index in [1.165, 1.54) is 28.7 Å². The Kier molecular flexibility index (Phi) is 6.02. The van der Waals surface area contributed by atoms with E-state index >= 15 is 0 Å². The largest absolute Gasteiger partial charge is 0.301 e. The van der Waals surface area contributed by atoms with Crippen LogP contribution in [0.2, 0.25) is 10.0 Å². The lowest BCUT2D eigenvalue weighted by molar-refractivity contribution is -0.113. The van der Waals surface area contributed by atoms with Gasteiger partial charge in [-0.1, -0.05) is 40.9 Å². The molecule has 1 heterocycles. The van der Waals surface area contributed by atoms with Gasteiger partial charge in [0.25, 0.3) is 0 Å². The highest BCUT2D eigenvalue weighted by Gasteiger charge is 2.11. The second-order valence-electron chi connectivity index (χ2n) is 5.31. The van der Waals surface area contributed by atoms with E-state index in [1.807, 2.05) is 36.6 Å². The zero-order valence-corrected chi connectivity index (χ0v) is 16.4. The predicted octanol–water partition coefficient (Wildman–Crippen LogP) is 6.16. The number of aryl methyl sites for hydroxylation is 1. The van der Waals surface area contributed by atoms with E-state index in [0.717, 1.165) is 10.5 Å². The van der Waals surface area contributed by atoms with Crippen LogP contribution in [0.1, 0.15) is 5.56 Å². The van der Waals surface area contributed by atoms with Crippen molar-refractivity contribution < 1.29 is 4.79 Å². The van der Waals surface area contributed by atoms with Crippen molar-refractivity contribution in [2.75, 3.05) is 11.1 Å². The Hall–Kier alpha value is -1.53. The summed E-state index contributed by atoms with van der Waals surface area (Å²) in [6.45, 7) is 2.04. The average Bonchev–Trinajstić information content (AvgIpc) is 3.05. The highest BCUT2D eigenvalue weighted by molar-refractivity contribution is 8.00. The third kappa shape index (κ3) is 4.98. The molecule has 0 radical (unpaired) electrons. The van der Waals surface area contributed by atoms with Crippen LogP contribution in [0.4, 0.5) is 5.13 Å². The average molecular weight is 409 g/mol. The lowest BCUT2D eigenvalue weighted by Crippen LogP contribution is -2.13. The van der Waals surface area contributed by atoms with Crippen molar-refractivity contribution in [1.29, 1.82) is 0 Å². The van der Waals surface area contributed by atoms with Crippen LogP contribution < -0.4 is 5.32 Å². The second kappa shape index (κ2) is 8.23. The number of hydrogen-bond donors (Lipinski definition) is 1. The van der Waals surface area contributed by atoms with Crippen molar-refractivity contribution >= 4 is 57.3 Å². The first-order chi connectivity index (χ1) is 12.0. The molecule has 3 nitrogen and oxygen atoms in total. The molecular formula is C18H14Cl2N2OS2. The number of halogens is 2. The van der Waals surface area contributed by atoms with Gasteiger partial charge in [0.15, 0.2) is 5.13 Å². The molecule has 0 atom stereocenters. The number of carbonyl (C=O) groups excluding carboxylic acids is 1. The number of hydrogen-bond acceptors (Lipinski definition) is 4. The summed E-state index contributed by atoms with van der Waals surface area (Å²) in [6, 6.07) is 13.3. The molecule has 1 N–H and O–H groups in total. The van der Waals surface area contributed by atoms with E-state index in [9.17, 15) is 4.79 Å². The zero-order valence-electron chi connectivity index (χ0n) is 13.3. The van der Waals surface area contributed by atoms with Crippen molar-refractivity contribution in [3.63, 3.8) is 0 Å². The lowest BCUT2D eigenvalue weighted by Gasteiger charge is -2.03. The number of anilines is 1. The van der Waals surface area contributed by atoms with E-state index in [4.69, 9.17) is 23.2 Å². The topological polar surface area (TPSA) is 42.0 Å². The molecule has 3 aromatic rings. The van der Waals surface area contributed by atoms with Gasteiger partial charge in [-0.3, -0.25) is 4.79 Å². The standard InChI is InChI=1S/C18H14Cl2N2OS2/c1-11-2-5-13(6-3-11)24-10-17(23)22-18-21-16(9-25-18)14-8-12(19)4-7-15(14)20/h2-9H,10H2,1H3,(H,21,22,23). The maximum Gasteiger partial charge on any atom is 0.236 e. The molecule has 0 aliphatic heterocycles. The van der Waals surface area contributed by atoms with Gasteiger partial charge in [-0.05, 0) is 37.3 Å². The molecule has 128 valence electrons. The maximum absolute atomic E-state index is 12.1. The molecular weight excluding hydrogens is 395 g/mol. The van der Waals surface area contributed by atoms with Crippen LogP contribution in [0.15, 0.2) is 52.7 Å². The van der Waals surface area contributed by atoms with Crippen LogP contribution in [0.3, 0.4) is 0 Å². The molecule has 7 heteroatoms. The van der Waals surface area contributed by atoms with Crippen molar-refractivity contribution in [2.24, 2.45) is 0 Å². The molecule has 0 fully saturated rings. The summed E-state index contributed by atoms with van der Waals surface area (Å²) in [7, 11) is 0. The van der Waals surface area contributed by atoms with Crippen LogP contribution in [0, 0.1) is 6.92 Å². The van der Waals surface area contributed by atoms with Gasteiger partial charge < -0.3 is 5.32 Å². The monoisotopic (exact) mass is 408 g/mol. The summed E-state index contributed by atoms with van der Waals surface area (Å²) in [5, 5.41) is 6.37. The molecule has 2 aromatic carbocycles. The quantitative estimate of drug-likeness (QED) is 0.514. The van der Waals surface area contributed by atoms with Gasteiger partial charge in [0, 0.05) is 20.9 Å². The minimum absolute atomic E-state index is 0.0938. The van der Waals surface area contributed by atoms with E-state index in [-0.39, 0.29) is 5.91 Å². The fourth-order valence-corrected chi connectivity index (χ4v) is 3.90. The summed E-state index contributed by atoms with van der Waals surface area (Å²) in [5.74, 6) is 0.235. The third-order valence-corrected chi connectivity index (χ3v) is 5.68. The zero-order chi connectivity index (χ0) is 17.8. The smallest absolute Gasteiger partial charge is 0.236 e. The first-order valence-electron chi connectivity index (χ1n) is 7.41. The second-order valence-corrected chi connectivity index (χ2v) is 8.06. The van der Waals surface area contributed by atoms with E-state index in [2.05, 4.69) is 10.3 Å². The van der Waals surface area contributed by atoms with Crippen molar-refractivity contribution in [1.82, 2.24) is 4.98 Å². The maximum atomic E-state index is 12.1. The van der Waals surface area contributed by atoms with Gasteiger partial charge in [0.1, 0.15) is 0 Å². The molecule has 0 spiro atoms. The van der Waals surface area contributed by atoms with Gasteiger partial charge in [0.05, 0.1) is 16.5 Å². The molecule has 1 aromatic heterocycles. The highest BCUT2D eigenvalue weighted by atomic mass is 35.5. The Labute approximate surface area is 164 Å². The molecule has 0 aliphatic rings. The third-order valence-electron chi connectivity index (χ3n) is 3.35. The van der Waals surface area contributed by atoms with E-state index in [0.29, 0.717) is 26.6 Å². The number of aromatic nitrogens is 1. The van der Waals surface area contributed by atoms with Crippen LogP contribution in [0.25, 0.3) is 11.3 Å². The van der Waals surface area contributed by atoms with Gasteiger partial charge in [-0.25, -0.2) is 4.98 Å². The number of amides is 1. The van der Waals surface area contributed by atoms with E-state index in [1.54, 1.807) is 18.2 Å². The van der Waals surface area contributed by atoms with Crippen LogP contribution in [0.5, 0.6) is 0 Å². The fourth-order valence-electron chi connectivity index (χ4n) is 2.09. The normalized spacial score (nSPS) is 10.7. The first kappa shape index (κ1) is 18.3. The molecule has 0 aliphatic carbocycles. The Bertz CT molecular complexity index is 894. The van der Waals surface area contributed by atoms with Gasteiger partial charge >= 0.3 is 0 Å². The summed E-state index contributed by atoms with van der Waals surface area (Å²) >= 11 is 15.0. The molecule has 0 bridgehead atoms. The Balaban J connectivity index is 1.62. The number of nitrogens with zero attached hydrogens (tertiary/aromatic N) is 1. The summed E-state index contributed by atoms with van der Waals surface area (Å²) in [4.78, 5) is 17.6. The molecule has 0 saturated heterocycles. The van der Waals surface area contributed by atoms with Crippen LogP contribution in [-0.4, -0.2) is 16.6 Å². The first-order valence-corrected chi connectivity index (χ1v) is 10.0. The molecule has 0 unspecified atom stereocenters. The molecule has 25 heavy (non-hydrogen) atoms. The summed E-state index contributed by atoms with van der Waals surface area (Å²) in [6.07, 6.45) is 0. The SMILES string of the molecule is Cc1ccc(SCC(=O)Nc2nc(-c3cc(Cl)ccc3Cl)cs2)cc1. The van der Waals surface area contributed by atoms with Crippen LogP contribution in [-0.2, 0) is 4.79 Å². The molecule has 1 amide bonds. The van der Waals surface area contributed by atoms with Crippen molar-refractivity contribution in [3.8, 4) is 11.3 Å². The van der Waals surface area contributed by atoms with Gasteiger partial charge in [-0.2, -0.15) is 0 Å². The number of thioether (sulfide) groups is 1. The Morgan fingerprint density at radius 2 is 1.96 bits per heavy atom. The summed E-state index contributed by atoms with van der Waals surface area (Å²) < 4.78 is 0. The molecule has 3 rings (SSSR count). The minimum Gasteiger partial charge on any atom is -0.301 e. The van der Waals surface area contributed by atoms with Crippen molar-refractivity contribution in [2.45, 2.75) is 11.8 Å². The lowest BCUT2D eigenvalue weighted by atomic mass is 10.2. The number of carbonyl (C=O) groups is 1. The number of thiazole rings is 1. The van der Waals surface area contributed by atoms with Crippen molar-refractivity contribution in [3.05, 3.63) is 63.5 Å². The highest BCUT2D eigenvalue weighted by Crippen LogP contribution is 2.32.